The summed E-state index contributed by atoms with van der Waals surface area (Å²) in [5.41, 5.74) is 3.53. The Kier molecular flexibility index (Phi) is 2.32. The lowest BCUT2D eigenvalue weighted by Gasteiger charge is -2.10. The highest BCUT2D eigenvalue weighted by Gasteiger charge is 2.33. The number of benzene rings is 1. The van der Waals surface area contributed by atoms with Gasteiger partial charge in [0.25, 0.3) is 5.91 Å². The largest absolute Gasteiger partial charge is 0.269 e. The Labute approximate surface area is 119 Å². The second kappa shape index (κ2) is 3.84. The molecule has 0 radical (unpaired) electrons. The fourth-order valence-electron chi connectivity index (χ4n) is 3.00. The van der Waals surface area contributed by atoms with E-state index in [4.69, 9.17) is 23.2 Å². The van der Waals surface area contributed by atoms with Gasteiger partial charge in [0.15, 0.2) is 0 Å². The molecule has 0 spiro atoms. The van der Waals surface area contributed by atoms with Crippen molar-refractivity contribution in [1.29, 1.82) is 0 Å². The highest BCUT2D eigenvalue weighted by atomic mass is 35.5. The van der Waals surface area contributed by atoms with Gasteiger partial charge >= 0.3 is 0 Å². The van der Waals surface area contributed by atoms with E-state index in [1.807, 2.05) is 0 Å². The van der Waals surface area contributed by atoms with Gasteiger partial charge in [0, 0.05) is 11.1 Å². The minimum Gasteiger partial charge on any atom is -0.269 e. The first kappa shape index (κ1) is 11.5. The van der Waals surface area contributed by atoms with Crippen LogP contribution in [0.25, 0.3) is 16.6 Å². The fourth-order valence-corrected chi connectivity index (χ4v) is 3.32. The van der Waals surface area contributed by atoms with E-state index in [0.717, 1.165) is 53.7 Å². The highest BCUT2D eigenvalue weighted by molar-refractivity contribution is 6.42. The quantitative estimate of drug-likeness (QED) is 0.725. The number of aromatic nitrogens is 2. The van der Waals surface area contributed by atoms with Crippen LogP contribution in [-0.2, 0) is 0 Å². The van der Waals surface area contributed by atoms with E-state index in [2.05, 4.69) is 4.98 Å². The summed E-state index contributed by atoms with van der Waals surface area (Å²) < 4.78 is 1.69. The number of nitrogens with zero attached hydrogens (tertiary/aromatic N) is 2. The van der Waals surface area contributed by atoms with Crippen molar-refractivity contribution in [3.63, 3.8) is 0 Å². The number of imidazole rings is 1. The summed E-state index contributed by atoms with van der Waals surface area (Å²) in [6.07, 6.45) is 4.00. The van der Waals surface area contributed by atoms with E-state index < -0.39 is 0 Å². The summed E-state index contributed by atoms with van der Waals surface area (Å²) in [6, 6.07) is 3.45. The number of halogens is 2. The van der Waals surface area contributed by atoms with Crippen molar-refractivity contribution in [3.05, 3.63) is 33.6 Å². The van der Waals surface area contributed by atoms with Crippen molar-refractivity contribution in [2.24, 2.45) is 0 Å². The number of hydrogen-bond donors (Lipinski definition) is 0. The zero-order valence-corrected chi connectivity index (χ0v) is 11.6. The Hall–Kier alpha value is -1.32. The van der Waals surface area contributed by atoms with Crippen LogP contribution in [0, 0.1) is 0 Å². The standard InChI is InChI=1S/C14H10Cl2N2O/c15-9-5-11-12(6-10(9)16)18-13(17-11)7-3-1-2-4-8(7)14(18)19/h5-6H,1-4H2. The van der Waals surface area contributed by atoms with Gasteiger partial charge in [0.05, 0.1) is 21.1 Å². The Morgan fingerprint density at radius 3 is 2.53 bits per heavy atom. The maximum atomic E-state index is 12.5. The van der Waals surface area contributed by atoms with Gasteiger partial charge in [-0.3, -0.25) is 9.36 Å². The van der Waals surface area contributed by atoms with Crippen LogP contribution >= 0.6 is 23.2 Å². The van der Waals surface area contributed by atoms with E-state index in [1.54, 1.807) is 16.7 Å². The van der Waals surface area contributed by atoms with Gasteiger partial charge in [-0.15, -0.1) is 0 Å². The third kappa shape index (κ3) is 1.46. The molecule has 1 aliphatic heterocycles. The minimum atomic E-state index is 0.0607. The summed E-state index contributed by atoms with van der Waals surface area (Å²) >= 11 is 12.1. The van der Waals surface area contributed by atoms with Crippen molar-refractivity contribution < 1.29 is 4.79 Å². The lowest BCUT2D eigenvalue weighted by atomic mass is 9.93. The first-order valence-corrected chi connectivity index (χ1v) is 7.07. The van der Waals surface area contributed by atoms with E-state index >= 15 is 0 Å². The van der Waals surface area contributed by atoms with E-state index in [1.165, 1.54) is 0 Å². The van der Waals surface area contributed by atoms with Gasteiger partial charge < -0.3 is 0 Å². The molecule has 2 heterocycles. The maximum absolute atomic E-state index is 12.5. The number of carbonyl (C=O) groups excluding carboxylic acids is 1. The van der Waals surface area contributed by atoms with Gasteiger partial charge in [-0.05, 0) is 37.8 Å². The number of fused-ring (bicyclic) bond motifs is 4. The Bertz CT molecular complexity index is 773. The topological polar surface area (TPSA) is 34.9 Å². The molecule has 1 aromatic carbocycles. The maximum Gasteiger partial charge on any atom is 0.260 e. The third-order valence-electron chi connectivity index (χ3n) is 3.90. The van der Waals surface area contributed by atoms with Crippen LogP contribution < -0.4 is 0 Å². The lowest BCUT2D eigenvalue weighted by Crippen LogP contribution is -2.09. The molecule has 2 aromatic rings. The SMILES string of the molecule is O=C1C2=C(CCCC2)c2nc3cc(Cl)c(Cl)cc3n21. The van der Waals surface area contributed by atoms with Crippen molar-refractivity contribution >= 4 is 45.7 Å². The molecule has 19 heavy (non-hydrogen) atoms. The van der Waals surface area contributed by atoms with E-state index in [-0.39, 0.29) is 5.91 Å². The molecule has 1 aliphatic carbocycles. The predicted molar refractivity (Wildman–Crippen MR) is 75.8 cm³/mol. The average Bonchev–Trinajstić information content (AvgIpc) is 2.89. The molecule has 2 aliphatic rings. The number of rotatable bonds is 0. The Morgan fingerprint density at radius 1 is 1.05 bits per heavy atom. The number of carbonyl (C=O) groups is 1. The average molecular weight is 293 g/mol. The van der Waals surface area contributed by atoms with Crippen LogP contribution in [0.3, 0.4) is 0 Å². The summed E-state index contributed by atoms with van der Waals surface area (Å²) in [5.74, 6) is 0.846. The van der Waals surface area contributed by atoms with Crippen molar-refractivity contribution in [1.82, 2.24) is 9.55 Å². The summed E-state index contributed by atoms with van der Waals surface area (Å²) in [4.78, 5) is 17.1. The second-order valence-electron chi connectivity index (χ2n) is 5.00. The molecular formula is C14H10Cl2N2O. The Morgan fingerprint density at radius 2 is 1.74 bits per heavy atom. The van der Waals surface area contributed by atoms with E-state index in [0.29, 0.717) is 10.0 Å². The summed E-state index contributed by atoms with van der Waals surface area (Å²) in [7, 11) is 0. The van der Waals surface area contributed by atoms with E-state index in [9.17, 15) is 4.79 Å². The van der Waals surface area contributed by atoms with Crippen LogP contribution in [0.4, 0.5) is 0 Å². The van der Waals surface area contributed by atoms with Crippen LogP contribution in [0.15, 0.2) is 17.7 Å². The molecule has 0 N–H and O–H groups in total. The molecule has 0 unspecified atom stereocenters. The number of hydrogen-bond acceptors (Lipinski definition) is 2. The third-order valence-corrected chi connectivity index (χ3v) is 4.62. The summed E-state index contributed by atoms with van der Waals surface area (Å²) in [6.45, 7) is 0. The molecule has 1 aromatic heterocycles. The molecule has 3 nitrogen and oxygen atoms in total. The van der Waals surface area contributed by atoms with Crippen LogP contribution in [0.1, 0.15) is 36.3 Å². The normalized spacial score (nSPS) is 18.1. The molecule has 0 bridgehead atoms. The lowest BCUT2D eigenvalue weighted by molar-refractivity contribution is 0.0961. The first-order chi connectivity index (χ1) is 9.16. The number of allylic oxidation sites excluding steroid dienone is 2. The molecular weight excluding hydrogens is 283 g/mol. The fraction of sp³-hybridized carbons (Fsp3) is 0.286. The predicted octanol–water partition coefficient (Wildman–Crippen LogP) is 4.32. The highest BCUT2D eigenvalue weighted by Crippen LogP contribution is 2.40. The molecule has 0 saturated heterocycles. The monoisotopic (exact) mass is 292 g/mol. The van der Waals surface area contributed by atoms with Gasteiger partial charge in [-0.1, -0.05) is 23.2 Å². The molecule has 0 saturated carbocycles. The van der Waals surface area contributed by atoms with Crippen LogP contribution in [-0.4, -0.2) is 15.5 Å². The van der Waals surface area contributed by atoms with Gasteiger partial charge in [0.2, 0.25) is 0 Å². The van der Waals surface area contributed by atoms with Crippen molar-refractivity contribution in [3.8, 4) is 0 Å². The molecule has 4 rings (SSSR count). The van der Waals surface area contributed by atoms with Crippen LogP contribution in [0.5, 0.6) is 0 Å². The molecule has 0 amide bonds. The molecule has 5 heteroatoms. The van der Waals surface area contributed by atoms with Gasteiger partial charge in [-0.2, -0.15) is 0 Å². The van der Waals surface area contributed by atoms with Gasteiger partial charge in [-0.25, -0.2) is 4.98 Å². The summed E-state index contributed by atoms with van der Waals surface area (Å²) in [5, 5.41) is 0.922. The van der Waals surface area contributed by atoms with Crippen molar-refractivity contribution in [2.75, 3.05) is 0 Å². The first-order valence-electron chi connectivity index (χ1n) is 6.31. The van der Waals surface area contributed by atoms with Crippen molar-refractivity contribution in [2.45, 2.75) is 25.7 Å². The smallest absolute Gasteiger partial charge is 0.260 e. The zero-order valence-electron chi connectivity index (χ0n) is 10.0. The molecule has 0 atom stereocenters. The minimum absolute atomic E-state index is 0.0607. The second-order valence-corrected chi connectivity index (χ2v) is 5.81. The molecule has 0 fully saturated rings. The van der Waals surface area contributed by atoms with Crippen LogP contribution in [0.2, 0.25) is 10.0 Å². The van der Waals surface area contributed by atoms with Gasteiger partial charge in [0.1, 0.15) is 5.82 Å². The zero-order chi connectivity index (χ0) is 13.1. The Balaban J connectivity index is 2.04. The molecule has 96 valence electrons.